The second kappa shape index (κ2) is 2.25. The van der Waals surface area contributed by atoms with E-state index in [4.69, 9.17) is 5.21 Å². The van der Waals surface area contributed by atoms with Crippen LogP contribution in [0.2, 0.25) is 0 Å². The van der Waals surface area contributed by atoms with E-state index in [0.29, 0.717) is 11.6 Å². The summed E-state index contributed by atoms with van der Waals surface area (Å²) < 4.78 is 0. The van der Waals surface area contributed by atoms with Gasteiger partial charge in [-0.25, -0.2) is 4.98 Å². The number of aromatic amines is 1. The molecule has 0 radical (unpaired) electrons. The predicted octanol–water partition coefficient (Wildman–Crippen LogP) is -0.0788. The van der Waals surface area contributed by atoms with Gasteiger partial charge in [-0.15, -0.1) is 0 Å². The zero-order chi connectivity index (χ0) is 6.69. The van der Waals surface area contributed by atoms with E-state index in [2.05, 4.69) is 20.3 Å². The number of oxime groups is 1. The number of hydrogen-bond acceptors (Lipinski definition) is 4. The maximum atomic E-state index is 8.00. The Balaban J connectivity index is 2.85. The highest BCUT2D eigenvalue weighted by molar-refractivity contribution is 5.73. The van der Waals surface area contributed by atoms with Crippen LogP contribution in [-0.2, 0) is 0 Å². The molecule has 9 heavy (non-hydrogen) atoms. The molecule has 0 fully saturated rings. The van der Waals surface area contributed by atoms with Crippen LogP contribution >= 0.6 is 0 Å². The Morgan fingerprint density at radius 1 is 1.78 bits per heavy atom. The fourth-order valence-electron chi connectivity index (χ4n) is 0.469. The molecule has 0 aliphatic heterocycles. The highest BCUT2D eigenvalue weighted by atomic mass is 16.4. The number of nitrogens with zero attached hydrogens (tertiary/aromatic N) is 3. The van der Waals surface area contributed by atoms with Crippen LogP contribution in [0.15, 0.2) is 5.16 Å². The highest BCUT2D eigenvalue weighted by Gasteiger charge is 1.92. The van der Waals surface area contributed by atoms with Crippen molar-refractivity contribution in [2.75, 3.05) is 0 Å². The van der Waals surface area contributed by atoms with Crippen molar-refractivity contribution < 1.29 is 5.21 Å². The van der Waals surface area contributed by atoms with Crippen molar-refractivity contribution >= 4 is 6.21 Å². The van der Waals surface area contributed by atoms with Gasteiger partial charge in [-0.3, -0.25) is 5.10 Å². The zero-order valence-corrected chi connectivity index (χ0v) is 4.87. The first kappa shape index (κ1) is 5.74. The van der Waals surface area contributed by atoms with Crippen molar-refractivity contribution in [3.63, 3.8) is 0 Å². The Hall–Kier alpha value is -1.39. The summed E-state index contributed by atoms with van der Waals surface area (Å²) >= 11 is 0. The number of H-pyrrole nitrogens is 1. The summed E-state index contributed by atoms with van der Waals surface area (Å²) in [6, 6.07) is 0. The molecule has 0 saturated carbocycles. The minimum absolute atomic E-state index is 0.384. The molecule has 1 aromatic rings. The Kier molecular flexibility index (Phi) is 1.44. The monoisotopic (exact) mass is 126 g/mol. The van der Waals surface area contributed by atoms with Crippen LogP contribution < -0.4 is 0 Å². The molecule has 0 unspecified atom stereocenters. The Morgan fingerprint density at radius 3 is 3.00 bits per heavy atom. The van der Waals surface area contributed by atoms with Gasteiger partial charge < -0.3 is 5.21 Å². The van der Waals surface area contributed by atoms with E-state index in [1.165, 1.54) is 0 Å². The van der Waals surface area contributed by atoms with Crippen molar-refractivity contribution in [2.45, 2.75) is 6.92 Å². The third-order valence-electron chi connectivity index (χ3n) is 0.788. The summed E-state index contributed by atoms with van der Waals surface area (Å²) in [6.07, 6.45) is 1.16. The van der Waals surface area contributed by atoms with Gasteiger partial charge in [0, 0.05) is 0 Å². The Bertz CT molecular complexity index is 216. The smallest absolute Gasteiger partial charge is 0.195 e. The van der Waals surface area contributed by atoms with E-state index in [9.17, 15) is 0 Å². The van der Waals surface area contributed by atoms with Gasteiger partial charge in [-0.2, -0.15) is 5.10 Å². The van der Waals surface area contributed by atoms with Crippen LogP contribution in [0.4, 0.5) is 0 Å². The standard InChI is InChI=1S/C4H6N4O/c1-3-6-4(2-5-9)8-7-3/h2,9H,1H3,(H,6,7,8)/b5-2+. The van der Waals surface area contributed by atoms with Crippen LogP contribution in [0.3, 0.4) is 0 Å². The summed E-state index contributed by atoms with van der Waals surface area (Å²) in [5.41, 5.74) is 0. The maximum Gasteiger partial charge on any atom is 0.195 e. The SMILES string of the molecule is Cc1nc(/C=N/O)n[nH]1. The summed E-state index contributed by atoms with van der Waals surface area (Å²) in [6.45, 7) is 1.77. The third kappa shape index (κ3) is 1.25. The average Bonchev–Trinajstić information content (AvgIpc) is 2.17. The lowest BCUT2D eigenvalue weighted by molar-refractivity contribution is 0.321. The molecule has 1 aromatic heterocycles. The van der Waals surface area contributed by atoms with Crippen LogP contribution in [-0.4, -0.2) is 26.6 Å². The first-order chi connectivity index (χ1) is 4.33. The van der Waals surface area contributed by atoms with Gasteiger partial charge in [-0.1, -0.05) is 5.16 Å². The fraction of sp³-hybridized carbons (Fsp3) is 0.250. The molecule has 0 saturated heterocycles. The van der Waals surface area contributed by atoms with Gasteiger partial charge in [0.1, 0.15) is 12.0 Å². The van der Waals surface area contributed by atoms with Crippen LogP contribution in [0, 0.1) is 6.92 Å². The van der Waals surface area contributed by atoms with Crippen LogP contribution in [0.5, 0.6) is 0 Å². The highest BCUT2D eigenvalue weighted by Crippen LogP contribution is 1.84. The Morgan fingerprint density at radius 2 is 2.56 bits per heavy atom. The molecular weight excluding hydrogens is 120 g/mol. The molecule has 1 rings (SSSR count). The van der Waals surface area contributed by atoms with E-state index in [1.807, 2.05) is 0 Å². The molecule has 0 atom stereocenters. The lowest BCUT2D eigenvalue weighted by Gasteiger charge is -1.72. The number of aromatic nitrogens is 3. The first-order valence-electron chi connectivity index (χ1n) is 2.39. The topological polar surface area (TPSA) is 74.2 Å². The van der Waals surface area contributed by atoms with E-state index in [1.54, 1.807) is 6.92 Å². The van der Waals surface area contributed by atoms with E-state index >= 15 is 0 Å². The molecule has 0 aliphatic carbocycles. The van der Waals surface area contributed by atoms with Crippen LogP contribution in [0.25, 0.3) is 0 Å². The molecule has 5 heteroatoms. The summed E-state index contributed by atoms with van der Waals surface area (Å²) in [5.74, 6) is 1.08. The third-order valence-corrected chi connectivity index (χ3v) is 0.788. The van der Waals surface area contributed by atoms with Crippen molar-refractivity contribution in [1.29, 1.82) is 0 Å². The molecule has 1 heterocycles. The quantitative estimate of drug-likeness (QED) is 0.314. The van der Waals surface area contributed by atoms with E-state index in [-0.39, 0.29) is 0 Å². The molecule has 0 spiro atoms. The van der Waals surface area contributed by atoms with Gasteiger partial charge in [0.25, 0.3) is 0 Å². The minimum atomic E-state index is 0.384. The molecule has 48 valence electrons. The van der Waals surface area contributed by atoms with Crippen molar-refractivity contribution in [1.82, 2.24) is 15.2 Å². The maximum absolute atomic E-state index is 8.00. The second-order valence-corrected chi connectivity index (χ2v) is 1.52. The van der Waals surface area contributed by atoms with Gasteiger partial charge >= 0.3 is 0 Å². The number of rotatable bonds is 1. The zero-order valence-electron chi connectivity index (χ0n) is 4.87. The van der Waals surface area contributed by atoms with Crippen LogP contribution in [0.1, 0.15) is 11.6 Å². The lowest BCUT2D eigenvalue weighted by atomic mass is 10.7. The van der Waals surface area contributed by atoms with Crippen molar-refractivity contribution in [3.05, 3.63) is 11.6 Å². The molecule has 2 N–H and O–H groups in total. The van der Waals surface area contributed by atoms with Gasteiger partial charge in [-0.05, 0) is 6.92 Å². The minimum Gasteiger partial charge on any atom is -0.411 e. The second-order valence-electron chi connectivity index (χ2n) is 1.52. The van der Waals surface area contributed by atoms with Gasteiger partial charge in [0.15, 0.2) is 5.82 Å². The normalized spacial score (nSPS) is 10.8. The van der Waals surface area contributed by atoms with Crippen molar-refractivity contribution in [3.8, 4) is 0 Å². The van der Waals surface area contributed by atoms with E-state index < -0.39 is 0 Å². The number of nitrogens with one attached hydrogen (secondary N) is 1. The van der Waals surface area contributed by atoms with Gasteiger partial charge in [0.2, 0.25) is 0 Å². The molecule has 0 amide bonds. The molecule has 5 nitrogen and oxygen atoms in total. The van der Waals surface area contributed by atoms with E-state index in [0.717, 1.165) is 6.21 Å². The lowest BCUT2D eigenvalue weighted by Crippen LogP contribution is -1.82. The first-order valence-corrected chi connectivity index (χ1v) is 2.39. The Labute approximate surface area is 51.4 Å². The molecule has 0 aliphatic rings. The number of hydrogen-bond donors (Lipinski definition) is 2. The fourth-order valence-corrected chi connectivity index (χ4v) is 0.469. The molecule has 0 bridgehead atoms. The summed E-state index contributed by atoms with van der Waals surface area (Å²) in [5, 5.41) is 17.0. The largest absolute Gasteiger partial charge is 0.411 e. The van der Waals surface area contributed by atoms with Crippen molar-refractivity contribution in [2.24, 2.45) is 5.16 Å². The summed E-state index contributed by atoms with van der Waals surface area (Å²) in [4.78, 5) is 3.82. The van der Waals surface area contributed by atoms with Gasteiger partial charge in [0.05, 0.1) is 0 Å². The average molecular weight is 126 g/mol. The molecular formula is C4H6N4O. The number of aryl methyl sites for hydroxylation is 1. The summed E-state index contributed by atoms with van der Waals surface area (Å²) in [7, 11) is 0. The molecule has 0 aromatic carbocycles. The predicted molar refractivity (Wildman–Crippen MR) is 30.5 cm³/mol.